The summed E-state index contributed by atoms with van der Waals surface area (Å²) in [5, 5.41) is 6.24. The second-order valence-electron chi connectivity index (χ2n) is 8.07. The fourth-order valence-corrected chi connectivity index (χ4v) is 3.96. The number of carbonyl (C=O) groups is 2. The minimum Gasteiger partial charge on any atom is -0.493 e. The lowest BCUT2D eigenvalue weighted by Gasteiger charge is -2.37. The molecular weight excluding hydrogens is 356 g/mol. The number of rotatable bonds is 6. The lowest BCUT2D eigenvalue weighted by molar-refractivity contribution is -0.128. The summed E-state index contributed by atoms with van der Waals surface area (Å²) in [5.41, 5.74) is 1.06. The molecule has 2 fully saturated rings. The quantitative estimate of drug-likeness (QED) is 0.760. The summed E-state index contributed by atoms with van der Waals surface area (Å²) in [6.07, 6.45) is 3.02. The van der Waals surface area contributed by atoms with Gasteiger partial charge in [-0.1, -0.05) is 18.2 Å². The van der Waals surface area contributed by atoms with Crippen LogP contribution in [0.25, 0.3) is 0 Å². The van der Waals surface area contributed by atoms with Crippen molar-refractivity contribution in [3.63, 3.8) is 0 Å². The zero-order valence-electron chi connectivity index (χ0n) is 16.5. The molecule has 7 heteroatoms. The predicted octanol–water partition coefficient (Wildman–Crippen LogP) is 0.911. The van der Waals surface area contributed by atoms with E-state index in [0.717, 1.165) is 56.8 Å². The number of nitrogens with zero attached hydrogens (tertiary/aromatic N) is 2. The van der Waals surface area contributed by atoms with E-state index in [-0.39, 0.29) is 23.9 Å². The van der Waals surface area contributed by atoms with Gasteiger partial charge in [0.1, 0.15) is 5.75 Å². The van der Waals surface area contributed by atoms with E-state index in [1.807, 2.05) is 31.2 Å². The van der Waals surface area contributed by atoms with Gasteiger partial charge in [0.25, 0.3) is 0 Å². The van der Waals surface area contributed by atoms with E-state index < -0.39 is 0 Å². The number of hydrogen-bond acceptors (Lipinski definition) is 5. The van der Waals surface area contributed by atoms with Gasteiger partial charge in [-0.15, -0.1) is 0 Å². The van der Waals surface area contributed by atoms with E-state index in [2.05, 4.69) is 20.4 Å². The predicted molar refractivity (Wildman–Crippen MR) is 106 cm³/mol. The summed E-state index contributed by atoms with van der Waals surface area (Å²) in [5.74, 6) is 1.05. The topological polar surface area (TPSA) is 73.9 Å². The molecule has 2 amide bonds. The number of piperazine rings is 1. The fourth-order valence-electron chi connectivity index (χ4n) is 3.96. The van der Waals surface area contributed by atoms with Gasteiger partial charge in [0.2, 0.25) is 11.8 Å². The summed E-state index contributed by atoms with van der Waals surface area (Å²) in [6, 6.07) is 8.22. The second-order valence-corrected chi connectivity index (χ2v) is 8.07. The molecule has 1 saturated heterocycles. The Labute approximate surface area is 166 Å². The molecule has 0 radical (unpaired) electrons. The highest BCUT2D eigenvalue weighted by molar-refractivity contribution is 5.82. The van der Waals surface area contributed by atoms with E-state index in [1.54, 1.807) is 0 Å². The molecule has 28 heavy (non-hydrogen) atoms. The average molecular weight is 386 g/mol. The lowest BCUT2D eigenvalue weighted by Crippen LogP contribution is -2.55. The number of amides is 2. The first-order valence-corrected chi connectivity index (χ1v) is 10.4. The molecule has 2 heterocycles. The van der Waals surface area contributed by atoms with Crippen molar-refractivity contribution in [2.24, 2.45) is 0 Å². The molecule has 152 valence electrons. The summed E-state index contributed by atoms with van der Waals surface area (Å²) in [4.78, 5) is 29.2. The van der Waals surface area contributed by atoms with Crippen molar-refractivity contribution < 1.29 is 14.3 Å². The third kappa shape index (κ3) is 4.64. The maximum absolute atomic E-state index is 12.6. The molecule has 1 aromatic carbocycles. The highest BCUT2D eigenvalue weighted by Crippen LogP contribution is 2.31. The third-order valence-corrected chi connectivity index (χ3v) is 5.92. The van der Waals surface area contributed by atoms with Crippen LogP contribution in [0.4, 0.5) is 0 Å². The number of carbonyl (C=O) groups excluding carboxylic acids is 2. The van der Waals surface area contributed by atoms with Gasteiger partial charge in [0.15, 0.2) is 0 Å². The zero-order valence-corrected chi connectivity index (χ0v) is 16.5. The fraction of sp³-hybridized carbons (Fsp3) is 0.619. The highest BCUT2D eigenvalue weighted by atomic mass is 16.5. The molecule has 0 aromatic heterocycles. The maximum Gasteiger partial charge on any atom is 0.237 e. The standard InChI is InChI=1S/C21H30N4O3/c1-15(21(27)22-16-6-7-16)25-11-9-24(10-12-25)14-20(26)23-18-8-13-28-19-5-3-2-4-17(18)19/h2-5,15-16,18H,6-14H2,1H3,(H,22,27)(H,23,26)/t15-,18-/m0/s1. The molecule has 2 atom stereocenters. The van der Waals surface area contributed by atoms with Crippen LogP contribution >= 0.6 is 0 Å². The Balaban J connectivity index is 1.23. The molecule has 1 saturated carbocycles. The van der Waals surface area contributed by atoms with Crippen molar-refractivity contribution in [3.8, 4) is 5.75 Å². The maximum atomic E-state index is 12.6. The number of fused-ring (bicyclic) bond motifs is 1. The first-order valence-electron chi connectivity index (χ1n) is 10.4. The zero-order chi connectivity index (χ0) is 19.5. The van der Waals surface area contributed by atoms with Gasteiger partial charge in [0.05, 0.1) is 25.2 Å². The third-order valence-electron chi connectivity index (χ3n) is 5.92. The Morgan fingerprint density at radius 1 is 1.11 bits per heavy atom. The molecule has 7 nitrogen and oxygen atoms in total. The van der Waals surface area contributed by atoms with Gasteiger partial charge in [-0.25, -0.2) is 0 Å². The molecule has 0 unspecified atom stereocenters. The molecule has 2 N–H and O–H groups in total. The van der Waals surface area contributed by atoms with Gasteiger partial charge in [0, 0.05) is 44.2 Å². The van der Waals surface area contributed by atoms with E-state index in [0.29, 0.717) is 19.2 Å². The number of ether oxygens (including phenoxy) is 1. The van der Waals surface area contributed by atoms with Crippen LogP contribution in [0.1, 0.15) is 37.8 Å². The summed E-state index contributed by atoms with van der Waals surface area (Å²) < 4.78 is 5.67. The van der Waals surface area contributed by atoms with Crippen molar-refractivity contribution in [2.75, 3.05) is 39.3 Å². The van der Waals surface area contributed by atoms with Crippen molar-refractivity contribution in [1.29, 1.82) is 0 Å². The minimum absolute atomic E-state index is 0.0184. The molecule has 1 aromatic rings. The Morgan fingerprint density at radius 2 is 1.86 bits per heavy atom. The SMILES string of the molecule is C[C@@H](C(=O)NC1CC1)N1CCN(CC(=O)N[C@H]2CCOc3ccccc32)CC1. The number of nitrogens with one attached hydrogen (secondary N) is 2. The average Bonchev–Trinajstić information content (AvgIpc) is 3.52. The Hall–Kier alpha value is -2.12. The first-order chi connectivity index (χ1) is 13.6. The number of benzene rings is 1. The van der Waals surface area contributed by atoms with Crippen molar-refractivity contribution in [2.45, 2.75) is 44.3 Å². The van der Waals surface area contributed by atoms with E-state index >= 15 is 0 Å². The Bertz CT molecular complexity index is 713. The minimum atomic E-state index is -0.102. The molecular formula is C21H30N4O3. The van der Waals surface area contributed by atoms with Crippen molar-refractivity contribution >= 4 is 11.8 Å². The van der Waals surface area contributed by atoms with Crippen LogP contribution < -0.4 is 15.4 Å². The van der Waals surface area contributed by atoms with Gasteiger partial charge in [-0.2, -0.15) is 0 Å². The van der Waals surface area contributed by atoms with Gasteiger partial charge in [-0.05, 0) is 25.8 Å². The number of para-hydroxylation sites is 1. The van der Waals surface area contributed by atoms with Gasteiger partial charge < -0.3 is 15.4 Å². The molecule has 3 aliphatic rings. The van der Waals surface area contributed by atoms with Crippen LogP contribution in [-0.2, 0) is 9.59 Å². The first kappa shape index (κ1) is 19.2. The molecule has 4 rings (SSSR count). The van der Waals surface area contributed by atoms with Crippen LogP contribution in [0.3, 0.4) is 0 Å². The molecule has 2 aliphatic heterocycles. The summed E-state index contributed by atoms with van der Waals surface area (Å²) in [7, 11) is 0. The smallest absolute Gasteiger partial charge is 0.237 e. The van der Waals surface area contributed by atoms with Crippen LogP contribution in [0, 0.1) is 0 Å². The monoisotopic (exact) mass is 386 g/mol. The van der Waals surface area contributed by atoms with Gasteiger partial charge in [-0.3, -0.25) is 19.4 Å². The highest BCUT2D eigenvalue weighted by Gasteiger charge is 2.30. The lowest BCUT2D eigenvalue weighted by atomic mass is 10.0. The molecule has 0 bridgehead atoms. The molecule has 0 spiro atoms. The van der Waals surface area contributed by atoms with E-state index in [9.17, 15) is 9.59 Å². The largest absolute Gasteiger partial charge is 0.493 e. The summed E-state index contributed by atoms with van der Waals surface area (Å²) in [6.45, 7) is 6.23. The van der Waals surface area contributed by atoms with Crippen LogP contribution in [0.2, 0.25) is 0 Å². The second kappa shape index (κ2) is 8.49. The Morgan fingerprint density at radius 3 is 2.61 bits per heavy atom. The van der Waals surface area contributed by atoms with Crippen molar-refractivity contribution in [3.05, 3.63) is 29.8 Å². The van der Waals surface area contributed by atoms with Crippen LogP contribution in [0.5, 0.6) is 5.75 Å². The number of hydrogen-bond donors (Lipinski definition) is 2. The molecule has 1 aliphatic carbocycles. The summed E-state index contributed by atoms with van der Waals surface area (Å²) >= 11 is 0. The van der Waals surface area contributed by atoms with E-state index in [1.165, 1.54) is 0 Å². The normalized spacial score (nSPS) is 24.0. The van der Waals surface area contributed by atoms with Crippen LogP contribution in [-0.4, -0.2) is 73.0 Å². The Kier molecular flexibility index (Phi) is 5.82. The van der Waals surface area contributed by atoms with Gasteiger partial charge >= 0.3 is 0 Å². The van der Waals surface area contributed by atoms with E-state index in [4.69, 9.17) is 4.74 Å². The van der Waals surface area contributed by atoms with Crippen LogP contribution in [0.15, 0.2) is 24.3 Å². The van der Waals surface area contributed by atoms with Crippen molar-refractivity contribution in [1.82, 2.24) is 20.4 Å².